The third kappa shape index (κ3) is 3.17. The first-order chi connectivity index (χ1) is 12.7. The molecule has 5 nitrogen and oxygen atoms in total. The van der Waals surface area contributed by atoms with Crippen molar-refractivity contribution in [3.05, 3.63) is 58.2 Å². The molecule has 0 radical (unpaired) electrons. The van der Waals surface area contributed by atoms with E-state index in [2.05, 4.69) is 38.2 Å². The third-order valence-corrected chi connectivity index (χ3v) is 5.27. The Morgan fingerprint density at radius 2 is 1.73 bits per heavy atom. The Kier molecular flexibility index (Phi) is 3.87. The molecule has 1 N–H and O–H groups in total. The van der Waals surface area contributed by atoms with E-state index in [0.29, 0.717) is 17.7 Å². The Labute approximate surface area is 161 Å². The van der Waals surface area contributed by atoms with E-state index in [9.17, 15) is 0 Å². The van der Waals surface area contributed by atoms with Crippen LogP contribution in [-0.4, -0.2) is 19.7 Å². The number of rotatable bonds is 5. The van der Waals surface area contributed by atoms with E-state index in [0.717, 1.165) is 11.4 Å². The van der Waals surface area contributed by atoms with Gasteiger partial charge in [-0.1, -0.05) is 23.2 Å². The van der Waals surface area contributed by atoms with Crippen molar-refractivity contribution in [3.8, 4) is 5.69 Å². The molecule has 2 aliphatic carbocycles. The lowest BCUT2D eigenvalue weighted by atomic mass is 10.2. The van der Waals surface area contributed by atoms with E-state index in [4.69, 9.17) is 28.3 Å². The first-order valence-electron chi connectivity index (χ1n) is 8.83. The molecule has 26 heavy (non-hydrogen) atoms. The first-order valence-corrected chi connectivity index (χ1v) is 9.58. The minimum Gasteiger partial charge on any atom is -0.338 e. The molecule has 0 amide bonds. The maximum Gasteiger partial charge on any atom is 0.173 e. The molecule has 5 rings (SSSR count). The standard InChI is InChI=1S/C19H17Cl2N5/c20-17-10-22-19(18(21)24-17)23-13-5-7-14(8-6-13)26-16(12-3-4-12)9-15(25-26)11-1-2-11/h5-12H,1-4H2,(H,22,23). The topological polar surface area (TPSA) is 55.6 Å². The van der Waals surface area contributed by atoms with Crippen LogP contribution in [0.25, 0.3) is 5.69 Å². The van der Waals surface area contributed by atoms with E-state index in [1.807, 2.05) is 12.1 Å². The molecule has 2 aliphatic rings. The van der Waals surface area contributed by atoms with Crippen LogP contribution in [0.15, 0.2) is 36.5 Å². The second-order valence-corrected chi connectivity index (χ2v) is 7.70. The average Bonchev–Trinajstić information content (AvgIpc) is 3.56. The number of benzene rings is 1. The monoisotopic (exact) mass is 385 g/mol. The Hall–Kier alpha value is -2.11. The molecule has 2 heterocycles. The Morgan fingerprint density at radius 3 is 2.38 bits per heavy atom. The van der Waals surface area contributed by atoms with Gasteiger partial charge in [-0.25, -0.2) is 14.6 Å². The van der Waals surface area contributed by atoms with Crippen molar-refractivity contribution in [2.24, 2.45) is 0 Å². The third-order valence-electron chi connectivity index (χ3n) is 4.82. The lowest BCUT2D eigenvalue weighted by molar-refractivity contribution is 0.787. The predicted octanol–water partition coefficient (Wildman–Crippen LogP) is 5.47. The zero-order valence-corrected chi connectivity index (χ0v) is 15.5. The summed E-state index contributed by atoms with van der Waals surface area (Å²) in [6.45, 7) is 0. The van der Waals surface area contributed by atoms with Gasteiger partial charge in [0.25, 0.3) is 0 Å². The molecule has 1 aromatic carbocycles. The maximum atomic E-state index is 6.07. The molecule has 0 aliphatic heterocycles. The number of nitrogens with zero attached hydrogens (tertiary/aromatic N) is 4. The average molecular weight is 386 g/mol. The minimum absolute atomic E-state index is 0.249. The molecule has 0 saturated heterocycles. The van der Waals surface area contributed by atoms with E-state index in [1.54, 1.807) is 0 Å². The zero-order valence-electron chi connectivity index (χ0n) is 14.0. The van der Waals surface area contributed by atoms with Crippen LogP contribution in [0.3, 0.4) is 0 Å². The van der Waals surface area contributed by atoms with Crippen LogP contribution in [-0.2, 0) is 0 Å². The molecule has 2 saturated carbocycles. The fourth-order valence-electron chi connectivity index (χ4n) is 3.12. The van der Waals surface area contributed by atoms with E-state index >= 15 is 0 Å². The Morgan fingerprint density at radius 1 is 1.00 bits per heavy atom. The number of halogens is 2. The van der Waals surface area contributed by atoms with E-state index in [-0.39, 0.29) is 10.3 Å². The second-order valence-electron chi connectivity index (χ2n) is 6.96. The zero-order chi connectivity index (χ0) is 17.7. The smallest absolute Gasteiger partial charge is 0.173 e. The van der Waals surface area contributed by atoms with Gasteiger partial charge in [0.15, 0.2) is 11.0 Å². The van der Waals surface area contributed by atoms with Gasteiger partial charge in [-0.2, -0.15) is 5.10 Å². The number of nitrogens with one attached hydrogen (secondary N) is 1. The summed E-state index contributed by atoms with van der Waals surface area (Å²) < 4.78 is 2.12. The van der Waals surface area contributed by atoms with Crippen LogP contribution in [0.4, 0.5) is 11.5 Å². The van der Waals surface area contributed by atoms with Crippen molar-refractivity contribution in [2.45, 2.75) is 37.5 Å². The van der Waals surface area contributed by atoms with Gasteiger partial charge in [0.1, 0.15) is 5.15 Å². The van der Waals surface area contributed by atoms with Crippen LogP contribution in [0, 0.1) is 0 Å². The van der Waals surface area contributed by atoms with Gasteiger partial charge in [0.05, 0.1) is 17.6 Å². The van der Waals surface area contributed by atoms with Gasteiger partial charge in [-0.3, -0.25) is 0 Å². The fourth-order valence-corrected chi connectivity index (χ4v) is 3.49. The SMILES string of the molecule is Clc1cnc(Nc2ccc(-n3nc(C4CC4)cc3C3CC3)cc2)c(Cl)n1. The summed E-state index contributed by atoms with van der Waals surface area (Å²) in [6.07, 6.45) is 6.54. The van der Waals surface area contributed by atoms with Crippen molar-refractivity contribution in [1.29, 1.82) is 0 Å². The van der Waals surface area contributed by atoms with Crippen molar-refractivity contribution in [3.63, 3.8) is 0 Å². The van der Waals surface area contributed by atoms with Crippen molar-refractivity contribution in [2.75, 3.05) is 5.32 Å². The normalized spacial score (nSPS) is 16.7. The highest BCUT2D eigenvalue weighted by Crippen LogP contribution is 2.45. The molecule has 132 valence electrons. The summed E-state index contributed by atoms with van der Waals surface area (Å²) in [5.41, 5.74) is 4.56. The highest BCUT2D eigenvalue weighted by Gasteiger charge is 2.32. The summed E-state index contributed by atoms with van der Waals surface area (Å²) in [7, 11) is 0. The van der Waals surface area contributed by atoms with Crippen LogP contribution >= 0.6 is 23.2 Å². The number of aromatic nitrogens is 4. The van der Waals surface area contributed by atoms with Crippen LogP contribution in [0.1, 0.15) is 48.9 Å². The summed E-state index contributed by atoms with van der Waals surface area (Å²) in [5.74, 6) is 1.81. The molecular weight excluding hydrogens is 369 g/mol. The fraction of sp³-hybridized carbons (Fsp3) is 0.316. The lowest BCUT2D eigenvalue weighted by Crippen LogP contribution is -2.02. The van der Waals surface area contributed by atoms with Crippen LogP contribution in [0.5, 0.6) is 0 Å². The van der Waals surface area contributed by atoms with Gasteiger partial charge in [0, 0.05) is 23.2 Å². The summed E-state index contributed by atoms with van der Waals surface area (Å²) in [5, 5.41) is 8.57. The number of hydrogen-bond donors (Lipinski definition) is 1. The minimum atomic E-state index is 0.249. The molecule has 0 bridgehead atoms. The van der Waals surface area contributed by atoms with E-state index in [1.165, 1.54) is 43.3 Å². The molecule has 0 spiro atoms. The van der Waals surface area contributed by atoms with Crippen molar-refractivity contribution >= 4 is 34.7 Å². The molecule has 7 heteroatoms. The Balaban J connectivity index is 1.41. The van der Waals surface area contributed by atoms with E-state index < -0.39 is 0 Å². The highest BCUT2D eigenvalue weighted by atomic mass is 35.5. The Bertz CT molecular complexity index is 959. The number of anilines is 2. The van der Waals surface area contributed by atoms with Crippen LogP contribution < -0.4 is 5.32 Å². The van der Waals surface area contributed by atoms with Gasteiger partial charge in [-0.15, -0.1) is 0 Å². The molecule has 2 aromatic heterocycles. The lowest BCUT2D eigenvalue weighted by Gasteiger charge is -2.10. The largest absolute Gasteiger partial charge is 0.338 e. The summed E-state index contributed by atoms with van der Waals surface area (Å²) in [4.78, 5) is 8.16. The molecule has 0 atom stereocenters. The molecule has 3 aromatic rings. The van der Waals surface area contributed by atoms with Gasteiger partial charge >= 0.3 is 0 Å². The van der Waals surface area contributed by atoms with Gasteiger partial charge < -0.3 is 5.32 Å². The second kappa shape index (κ2) is 6.25. The molecular formula is C19H17Cl2N5. The van der Waals surface area contributed by atoms with Crippen molar-refractivity contribution in [1.82, 2.24) is 19.7 Å². The quantitative estimate of drug-likeness (QED) is 0.632. The maximum absolute atomic E-state index is 6.07. The summed E-state index contributed by atoms with van der Waals surface area (Å²) >= 11 is 11.9. The van der Waals surface area contributed by atoms with Gasteiger partial charge in [0.2, 0.25) is 0 Å². The number of hydrogen-bond acceptors (Lipinski definition) is 4. The highest BCUT2D eigenvalue weighted by molar-refractivity contribution is 6.33. The van der Waals surface area contributed by atoms with Crippen molar-refractivity contribution < 1.29 is 0 Å². The summed E-state index contributed by atoms with van der Waals surface area (Å²) in [6, 6.07) is 10.4. The predicted molar refractivity (Wildman–Crippen MR) is 103 cm³/mol. The molecule has 2 fully saturated rings. The first kappa shape index (κ1) is 16.1. The van der Waals surface area contributed by atoms with Gasteiger partial charge in [-0.05, 0) is 56.0 Å². The van der Waals surface area contributed by atoms with Crippen LogP contribution in [0.2, 0.25) is 10.3 Å². The molecule has 0 unspecified atom stereocenters.